The smallest absolute Gasteiger partial charge is 0.225 e. The normalized spacial score (nSPS) is 10.9. The monoisotopic (exact) mass is 255 g/mol. The van der Waals surface area contributed by atoms with Crippen LogP contribution in [0, 0.1) is 6.92 Å². The molecule has 0 saturated carbocycles. The quantitative estimate of drug-likeness (QED) is 0.839. The summed E-state index contributed by atoms with van der Waals surface area (Å²) in [7, 11) is 0. The first kappa shape index (κ1) is 11.6. The lowest BCUT2D eigenvalue weighted by molar-refractivity contribution is 0.710. The second kappa shape index (κ2) is 4.97. The van der Waals surface area contributed by atoms with Gasteiger partial charge in [-0.3, -0.25) is 4.57 Å². The molecule has 5 heteroatoms. The van der Waals surface area contributed by atoms with E-state index in [4.69, 9.17) is 11.6 Å². The number of rotatable bonds is 4. The number of nitrogens with zero attached hydrogens (tertiary/aromatic N) is 3. The molecule has 16 heavy (non-hydrogen) atoms. The summed E-state index contributed by atoms with van der Waals surface area (Å²) in [6.07, 6.45) is 1.97. The molecule has 0 saturated heterocycles. The van der Waals surface area contributed by atoms with Crippen LogP contribution in [0.2, 0.25) is 5.28 Å². The highest BCUT2D eigenvalue weighted by Gasteiger charge is 2.11. The van der Waals surface area contributed by atoms with Gasteiger partial charge in [0.15, 0.2) is 0 Å². The van der Waals surface area contributed by atoms with E-state index < -0.39 is 0 Å². The van der Waals surface area contributed by atoms with Crippen molar-refractivity contribution in [2.24, 2.45) is 0 Å². The van der Waals surface area contributed by atoms with E-state index in [-0.39, 0.29) is 0 Å². The van der Waals surface area contributed by atoms with Gasteiger partial charge in [-0.1, -0.05) is 6.92 Å². The zero-order valence-electron chi connectivity index (χ0n) is 9.40. The van der Waals surface area contributed by atoms with Crippen LogP contribution in [-0.4, -0.2) is 14.8 Å². The first-order valence-corrected chi connectivity index (χ1v) is 6.58. The lowest BCUT2D eigenvalue weighted by atomic mass is 10.3. The molecule has 0 radical (unpaired) electrons. The van der Waals surface area contributed by atoms with Crippen molar-refractivity contribution < 1.29 is 0 Å². The largest absolute Gasteiger partial charge is 0.296 e. The third-order valence-electron chi connectivity index (χ3n) is 2.53. The Morgan fingerprint density at radius 3 is 2.88 bits per heavy atom. The predicted octanol–water partition coefficient (Wildman–Crippen LogP) is 3.30. The van der Waals surface area contributed by atoms with E-state index in [0.717, 1.165) is 25.2 Å². The van der Waals surface area contributed by atoms with Gasteiger partial charge in [0.25, 0.3) is 0 Å². The molecule has 3 nitrogen and oxygen atoms in total. The number of halogens is 1. The number of hydrogen-bond donors (Lipinski definition) is 0. The molecular weight excluding hydrogens is 242 g/mol. The van der Waals surface area contributed by atoms with Crippen molar-refractivity contribution in [2.45, 2.75) is 33.2 Å². The maximum Gasteiger partial charge on any atom is 0.225 e. The van der Waals surface area contributed by atoms with Crippen molar-refractivity contribution in [3.05, 3.63) is 33.0 Å². The molecule has 0 aliphatic carbocycles. The van der Waals surface area contributed by atoms with E-state index in [1.54, 1.807) is 11.3 Å². The Labute approximate surface area is 104 Å². The van der Waals surface area contributed by atoms with Gasteiger partial charge in [0, 0.05) is 11.3 Å². The Hall–Kier alpha value is -0.870. The van der Waals surface area contributed by atoms with E-state index in [1.807, 2.05) is 4.57 Å². The van der Waals surface area contributed by atoms with E-state index in [2.05, 4.69) is 35.5 Å². The van der Waals surface area contributed by atoms with Crippen LogP contribution in [0.5, 0.6) is 0 Å². The van der Waals surface area contributed by atoms with Crippen molar-refractivity contribution in [1.29, 1.82) is 0 Å². The molecule has 0 atom stereocenters. The Kier molecular flexibility index (Phi) is 3.61. The summed E-state index contributed by atoms with van der Waals surface area (Å²) in [5.74, 6) is 0.973. The second-order valence-electron chi connectivity index (χ2n) is 3.75. The van der Waals surface area contributed by atoms with Crippen molar-refractivity contribution in [1.82, 2.24) is 14.8 Å². The molecule has 0 unspecified atom stereocenters. The van der Waals surface area contributed by atoms with E-state index in [1.165, 1.54) is 10.4 Å². The van der Waals surface area contributed by atoms with Crippen molar-refractivity contribution in [3.63, 3.8) is 0 Å². The van der Waals surface area contributed by atoms with Gasteiger partial charge >= 0.3 is 0 Å². The molecule has 0 aliphatic rings. The fraction of sp³-hybridized carbons (Fsp3) is 0.455. The van der Waals surface area contributed by atoms with Gasteiger partial charge in [-0.2, -0.15) is 0 Å². The number of aromatic nitrogens is 3. The summed E-state index contributed by atoms with van der Waals surface area (Å²) in [5.41, 5.74) is 1.30. The molecular formula is C11H14ClN3S. The van der Waals surface area contributed by atoms with Crippen LogP contribution in [0.1, 0.15) is 29.6 Å². The molecule has 2 rings (SSSR count). The SMILES string of the molecule is CCCc1nnc(Cl)n1Cc1sccc1C. The number of thiophene rings is 1. The molecule has 2 aromatic heterocycles. The first-order valence-electron chi connectivity index (χ1n) is 5.33. The van der Waals surface area contributed by atoms with Crippen LogP contribution in [0.3, 0.4) is 0 Å². The van der Waals surface area contributed by atoms with Gasteiger partial charge in [0.2, 0.25) is 5.28 Å². The molecule has 0 N–H and O–H groups in total. The molecule has 0 amide bonds. The van der Waals surface area contributed by atoms with Crippen LogP contribution >= 0.6 is 22.9 Å². The zero-order valence-corrected chi connectivity index (χ0v) is 11.0. The lowest BCUT2D eigenvalue weighted by Crippen LogP contribution is -2.05. The second-order valence-corrected chi connectivity index (χ2v) is 5.09. The van der Waals surface area contributed by atoms with Crippen molar-refractivity contribution >= 4 is 22.9 Å². The van der Waals surface area contributed by atoms with E-state index >= 15 is 0 Å². The van der Waals surface area contributed by atoms with E-state index in [9.17, 15) is 0 Å². The van der Waals surface area contributed by atoms with Gasteiger partial charge in [-0.15, -0.1) is 21.5 Å². The van der Waals surface area contributed by atoms with Crippen LogP contribution in [0.25, 0.3) is 0 Å². The van der Waals surface area contributed by atoms with Gasteiger partial charge in [0.1, 0.15) is 5.82 Å². The Bertz CT molecular complexity index is 475. The maximum atomic E-state index is 6.04. The highest BCUT2D eigenvalue weighted by Crippen LogP contribution is 2.20. The summed E-state index contributed by atoms with van der Waals surface area (Å²) in [5, 5.41) is 10.6. The van der Waals surface area contributed by atoms with Crippen molar-refractivity contribution in [3.8, 4) is 0 Å². The van der Waals surface area contributed by atoms with Gasteiger partial charge in [0.05, 0.1) is 6.54 Å². The maximum absolute atomic E-state index is 6.04. The third-order valence-corrected chi connectivity index (χ3v) is 3.81. The molecule has 0 bridgehead atoms. The molecule has 0 aromatic carbocycles. The highest BCUT2D eigenvalue weighted by molar-refractivity contribution is 7.10. The molecule has 0 aliphatic heterocycles. The Balaban J connectivity index is 2.26. The zero-order chi connectivity index (χ0) is 11.5. The van der Waals surface area contributed by atoms with Crippen LogP contribution in [-0.2, 0) is 13.0 Å². The van der Waals surface area contributed by atoms with Crippen LogP contribution in [0.15, 0.2) is 11.4 Å². The molecule has 0 fully saturated rings. The van der Waals surface area contributed by atoms with Crippen LogP contribution < -0.4 is 0 Å². The summed E-state index contributed by atoms with van der Waals surface area (Å²) in [6.45, 7) is 5.03. The lowest BCUT2D eigenvalue weighted by Gasteiger charge is -2.06. The number of hydrogen-bond acceptors (Lipinski definition) is 3. The average Bonchev–Trinajstić information content (AvgIpc) is 2.80. The van der Waals surface area contributed by atoms with Gasteiger partial charge in [-0.25, -0.2) is 0 Å². The van der Waals surface area contributed by atoms with E-state index in [0.29, 0.717) is 5.28 Å². The topological polar surface area (TPSA) is 30.7 Å². The summed E-state index contributed by atoms with van der Waals surface area (Å²) in [4.78, 5) is 1.32. The fourth-order valence-electron chi connectivity index (χ4n) is 1.59. The molecule has 2 aromatic rings. The summed E-state index contributed by atoms with van der Waals surface area (Å²) >= 11 is 7.79. The van der Waals surface area contributed by atoms with Crippen molar-refractivity contribution in [2.75, 3.05) is 0 Å². The predicted molar refractivity (Wildman–Crippen MR) is 67.2 cm³/mol. The first-order chi connectivity index (χ1) is 7.72. The number of aryl methyl sites for hydroxylation is 2. The molecule has 86 valence electrons. The summed E-state index contributed by atoms with van der Waals surface area (Å²) in [6, 6.07) is 2.12. The highest BCUT2D eigenvalue weighted by atomic mass is 35.5. The van der Waals surface area contributed by atoms with Crippen LogP contribution in [0.4, 0.5) is 0 Å². The minimum atomic E-state index is 0.483. The average molecular weight is 256 g/mol. The fourth-order valence-corrected chi connectivity index (χ4v) is 2.68. The Morgan fingerprint density at radius 1 is 1.44 bits per heavy atom. The van der Waals surface area contributed by atoms with Gasteiger partial charge in [-0.05, 0) is 42.0 Å². The Morgan fingerprint density at radius 2 is 2.25 bits per heavy atom. The minimum absolute atomic E-state index is 0.483. The molecule has 2 heterocycles. The standard InChI is InChI=1S/C11H14ClN3S/c1-3-4-10-13-14-11(12)15(10)7-9-8(2)5-6-16-9/h5-6H,3-4,7H2,1-2H3. The van der Waals surface area contributed by atoms with Gasteiger partial charge < -0.3 is 0 Å². The minimum Gasteiger partial charge on any atom is -0.296 e. The third kappa shape index (κ3) is 2.28. The summed E-state index contributed by atoms with van der Waals surface area (Å²) < 4.78 is 1.99. The molecule has 0 spiro atoms.